The Kier molecular flexibility index (Phi) is 27.1. The second kappa shape index (κ2) is 38.5. The molecular weight excluding hydrogens is 1510 g/mol. The second-order valence-electron chi connectivity index (χ2n) is 34.2. The zero-order chi connectivity index (χ0) is 81.7. The van der Waals surface area contributed by atoms with Gasteiger partial charge >= 0.3 is 0 Å². The Morgan fingerprint density at radius 3 is 1.09 bits per heavy atom. The number of ether oxygens (including phenoxy) is 14. The Labute approximate surface area is 701 Å². The zero-order valence-corrected chi connectivity index (χ0v) is 69.8. The first kappa shape index (κ1) is 83.8. The largest absolute Gasteiger partial charge is 0.405 e. The Balaban J connectivity index is 0.845. The highest BCUT2D eigenvalue weighted by Gasteiger charge is 2.76. The third kappa shape index (κ3) is 18.7. The molecule has 3 heterocycles. The van der Waals surface area contributed by atoms with E-state index in [1.807, 2.05) is 243 Å². The Morgan fingerprint density at radius 2 is 0.706 bits per heavy atom. The quantitative estimate of drug-likeness (QED) is 0.0158. The first-order valence-electron chi connectivity index (χ1n) is 42.1. The van der Waals surface area contributed by atoms with Gasteiger partial charge < -0.3 is 70.7 Å². The maximum absolute atomic E-state index is 11.5. The summed E-state index contributed by atoms with van der Waals surface area (Å²) in [5.41, 5.74) is 18.2. The third-order valence-electron chi connectivity index (χ3n) is 25.6. The minimum Gasteiger partial charge on any atom is -0.405 e. The first-order valence-corrected chi connectivity index (χ1v) is 44.1. The van der Waals surface area contributed by atoms with Crippen LogP contribution in [0.25, 0.3) is 10.4 Å². The minimum absolute atomic E-state index is 0.00876. The molecule has 3 aliphatic carbocycles. The van der Waals surface area contributed by atoms with Gasteiger partial charge in [0.25, 0.3) is 8.32 Å². The number of hydrogen-bond donors (Lipinski definition) is 0. The topological polar surface area (TPSA) is 187 Å². The van der Waals surface area contributed by atoms with Gasteiger partial charge in [0.15, 0.2) is 18.4 Å². The van der Waals surface area contributed by atoms with Crippen LogP contribution in [0.15, 0.2) is 308 Å². The van der Waals surface area contributed by atoms with Crippen molar-refractivity contribution in [2.24, 2.45) is 21.9 Å². The van der Waals surface area contributed by atoms with E-state index in [1.165, 1.54) is 0 Å². The predicted octanol–water partition coefficient (Wildman–Crippen LogP) is 18.1. The molecule has 19 heteroatoms. The molecule has 2 bridgehead atoms. The van der Waals surface area contributed by atoms with E-state index in [-0.39, 0.29) is 71.5 Å². The van der Waals surface area contributed by atoms with Crippen LogP contribution in [0.3, 0.4) is 0 Å². The summed E-state index contributed by atoms with van der Waals surface area (Å²) in [7, 11) is -3.35. The Hall–Kier alpha value is -8.87. The van der Waals surface area contributed by atoms with Crippen molar-refractivity contribution in [2.75, 3.05) is 13.2 Å². The molecule has 6 aliphatic rings. The van der Waals surface area contributed by atoms with Gasteiger partial charge in [-0.05, 0) is 89.6 Å². The van der Waals surface area contributed by atoms with Gasteiger partial charge in [-0.1, -0.05) is 350 Å². The van der Waals surface area contributed by atoms with Gasteiger partial charge in [0.2, 0.25) is 0 Å². The lowest BCUT2D eigenvalue weighted by atomic mass is 9.68. The molecule has 1 unspecified atom stereocenters. The molecule has 18 nitrogen and oxygen atoms in total. The van der Waals surface area contributed by atoms with E-state index >= 15 is 0 Å². The van der Waals surface area contributed by atoms with Crippen LogP contribution in [0.2, 0.25) is 5.04 Å². The first-order chi connectivity index (χ1) is 58.2. The van der Waals surface area contributed by atoms with Crippen LogP contribution < -0.4 is 10.4 Å². The summed E-state index contributed by atoms with van der Waals surface area (Å²) in [5, 5.41) is 6.54. The molecule has 6 fully saturated rings. The minimum atomic E-state index is -3.35. The molecule has 0 aromatic heterocycles. The Morgan fingerprint density at radius 1 is 0.378 bits per heavy atom. The summed E-state index contributed by atoms with van der Waals surface area (Å²) >= 11 is 0. The fraction of sp³-hybridized carbons (Fsp3) is 0.400. The number of benzene rings is 10. The average molecular weight is 1620 g/mol. The highest BCUT2D eigenvalue weighted by atomic mass is 28.4. The predicted molar refractivity (Wildman–Crippen MR) is 457 cm³/mol. The van der Waals surface area contributed by atoms with Gasteiger partial charge in [-0.25, -0.2) is 0 Å². The molecule has 0 N–H and O–H groups in total. The summed E-state index contributed by atoms with van der Waals surface area (Å²) in [6, 6.07) is 100. The van der Waals surface area contributed by atoms with Gasteiger partial charge in [0.1, 0.15) is 85.4 Å². The molecule has 3 aliphatic heterocycles. The van der Waals surface area contributed by atoms with E-state index in [0.717, 1.165) is 67.7 Å². The molecule has 620 valence electrons. The molecule has 19 atom stereocenters. The van der Waals surface area contributed by atoms with Crippen molar-refractivity contribution in [1.82, 2.24) is 0 Å². The summed E-state index contributed by atoms with van der Waals surface area (Å²) in [6.07, 6.45) is -13.1. The number of azide groups is 1. The van der Waals surface area contributed by atoms with E-state index in [0.29, 0.717) is 12.3 Å². The van der Waals surface area contributed by atoms with Crippen LogP contribution in [0.1, 0.15) is 105 Å². The number of rotatable bonds is 35. The van der Waals surface area contributed by atoms with Gasteiger partial charge in [-0.2, -0.15) is 0 Å². The van der Waals surface area contributed by atoms with Crippen molar-refractivity contribution in [2.45, 2.75) is 222 Å². The van der Waals surface area contributed by atoms with E-state index < -0.39 is 123 Å². The van der Waals surface area contributed by atoms with Crippen molar-refractivity contribution < 1.29 is 70.7 Å². The molecule has 3 saturated carbocycles. The van der Waals surface area contributed by atoms with Gasteiger partial charge in [-0.3, -0.25) is 0 Å². The lowest BCUT2D eigenvalue weighted by Crippen LogP contribution is -2.69. The summed E-state index contributed by atoms with van der Waals surface area (Å²) in [6.45, 7) is 15.0. The summed E-state index contributed by atoms with van der Waals surface area (Å²) < 4.78 is 115. The van der Waals surface area contributed by atoms with Crippen molar-refractivity contribution in [1.29, 1.82) is 0 Å². The number of nitrogens with zero attached hydrogens (tertiary/aromatic N) is 3. The molecule has 16 rings (SSSR count). The number of fused-ring (bicyclic) bond motifs is 4. The van der Waals surface area contributed by atoms with Crippen molar-refractivity contribution in [3.63, 3.8) is 0 Å². The number of hydrogen-bond acceptors (Lipinski definition) is 16. The van der Waals surface area contributed by atoms with Crippen LogP contribution in [0, 0.1) is 16.7 Å². The van der Waals surface area contributed by atoms with Gasteiger partial charge in [0.05, 0.1) is 66.1 Å². The molecule has 119 heavy (non-hydrogen) atoms. The lowest BCUT2D eigenvalue weighted by molar-refractivity contribution is -0.370. The van der Waals surface area contributed by atoms with Crippen LogP contribution in [0.5, 0.6) is 0 Å². The molecule has 10 aromatic carbocycles. The van der Waals surface area contributed by atoms with Crippen LogP contribution in [0.4, 0.5) is 0 Å². The normalized spacial score (nSPS) is 28.9. The van der Waals surface area contributed by atoms with Gasteiger partial charge in [0, 0.05) is 16.7 Å². The standard InChI is InChI=1S/C100H111N3O15Si/c1-97(2,3)119(79-53-33-15-34-54-79,80-55-35-16-36-56-80)112-69-82-84(105-61-71-39-19-8-20-40-71)87(107-63-73-43-23-10-24-44-73)94(111-67-77-51-31-14-32-52-77)96(114-82)115-85-81(68-104-60-70-37-17-7-18-38-70)113-95(83(102-103-101)86(85)106-62-72-41-21-9-22-42-72)116-91-89(109-65-75-47-27-12-28-48-75)88(108-64-74-45-25-11-26-46-74)90(110-66-76-49-29-13-30-50-76)92-93(91)118-100(117-92)59-78-57-58-99(100,6)98(78,4)5/h7-56,78,81-96H,57-69H2,1-6H3/t78-,81+,82+,83+,84-,85+,86+,87-,88-,89-,90+,91+,92+,93-,94+,95+,96+,99-,100?/m0/s1. The molecular formula is C100H111N3O15Si. The highest BCUT2D eigenvalue weighted by Crippen LogP contribution is 2.73. The fourth-order valence-electron chi connectivity index (χ4n) is 19.0. The summed E-state index contributed by atoms with van der Waals surface area (Å²) in [4.78, 5) is 3.72. The third-order valence-corrected chi connectivity index (χ3v) is 30.6. The smallest absolute Gasteiger partial charge is 0.261 e. The molecule has 3 saturated heterocycles. The lowest BCUT2D eigenvalue weighted by Gasteiger charge is -2.52. The van der Waals surface area contributed by atoms with Crippen LogP contribution in [-0.4, -0.2) is 125 Å². The van der Waals surface area contributed by atoms with Crippen molar-refractivity contribution in [3.05, 3.63) is 358 Å². The average Bonchev–Trinajstić information content (AvgIpc) is 1.50. The SMILES string of the molecule is CC1(C)[C@H]2CC[C@]1(C)C1(C2)O[C@@H]2[C@H](OCc3ccccc3)[C@@H](OCc3ccccc3)[C@H](OCc3ccccc3)[C@@H](O[C@H]3O[C@H](COCc4ccccc4)[C@@H](O[C@H]4O[C@H](CO[Si](c5ccccc5)(c5ccccc5)C(C)(C)C)[C@H](OCc5ccccc5)[C@H](OCc5ccccc5)[C@H]4OCc4ccccc4)[C@H](OCc4ccccc4)[C@H]3N=[N+]=[N-])[C@@H]2O1. The highest BCUT2D eigenvalue weighted by molar-refractivity contribution is 6.99. The summed E-state index contributed by atoms with van der Waals surface area (Å²) in [5.74, 6) is -0.803. The van der Waals surface area contributed by atoms with Crippen molar-refractivity contribution in [3.8, 4) is 0 Å². The van der Waals surface area contributed by atoms with Crippen LogP contribution in [-0.2, 0) is 124 Å². The van der Waals surface area contributed by atoms with Crippen molar-refractivity contribution >= 4 is 18.7 Å². The van der Waals surface area contributed by atoms with E-state index in [9.17, 15) is 5.53 Å². The molecule has 10 aromatic rings. The zero-order valence-electron chi connectivity index (χ0n) is 68.8. The molecule has 0 radical (unpaired) electrons. The molecule has 0 amide bonds. The van der Waals surface area contributed by atoms with Gasteiger partial charge in [-0.15, -0.1) is 0 Å². The maximum atomic E-state index is 11.5. The van der Waals surface area contributed by atoms with E-state index in [1.54, 1.807) is 0 Å². The van der Waals surface area contributed by atoms with E-state index in [2.05, 4.69) is 107 Å². The van der Waals surface area contributed by atoms with E-state index in [4.69, 9.17) is 75.9 Å². The van der Waals surface area contributed by atoms with Crippen LogP contribution >= 0.6 is 0 Å². The Bertz CT molecular complexity index is 4770. The monoisotopic (exact) mass is 1620 g/mol. The maximum Gasteiger partial charge on any atom is 0.261 e. The molecule has 1 spiro atoms. The fourth-order valence-corrected chi connectivity index (χ4v) is 23.6. The second-order valence-corrected chi connectivity index (χ2v) is 38.5.